The molecule has 144 valence electrons. The molecule has 2 amide bonds. The molecule has 1 aliphatic rings. The van der Waals surface area contributed by atoms with Crippen molar-refractivity contribution in [2.24, 2.45) is 0 Å². The first kappa shape index (κ1) is 19.0. The lowest BCUT2D eigenvalue weighted by atomic mass is 10.1. The largest absolute Gasteiger partial charge is 0.495 e. The van der Waals surface area contributed by atoms with E-state index in [2.05, 4.69) is 0 Å². The molecule has 0 aromatic heterocycles. The molecule has 0 bridgehead atoms. The van der Waals surface area contributed by atoms with Crippen LogP contribution in [0.4, 0.5) is 5.69 Å². The second-order valence-corrected chi connectivity index (χ2v) is 7.45. The Balaban J connectivity index is 1.76. The summed E-state index contributed by atoms with van der Waals surface area (Å²) in [6.45, 7) is 0. The van der Waals surface area contributed by atoms with E-state index in [0.717, 1.165) is 11.1 Å². The fourth-order valence-corrected chi connectivity index (χ4v) is 4.33. The van der Waals surface area contributed by atoms with E-state index in [1.807, 2.05) is 66.7 Å². The van der Waals surface area contributed by atoms with Crippen LogP contribution in [-0.4, -0.2) is 18.9 Å². The average molecular weight is 401 g/mol. The Bertz CT molecular complexity index is 1080. The molecule has 0 saturated heterocycles. The SMILES string of the molecule is COc1ccccc1N1C(=O)C(SCc2ccccc2)=C(c2ccccc2)C1=O. The van der Waals surface area contributed by atoms with Gasteiger partial charge in [-0.15, -0.1) is 11.8 Å². The second kappa shape index (κ2) is 8.37. The minimum atomic E-state index is -0.332. The number of carbonyl (C=O) groups is 2. The number of thioether (sulfide) groups is 1. The summed E-state index contributed by atoms with van der Waals surface area (Å²) in [6.07, 6.45) is 0. The number of amides is 2. The molecule has 1 aliphatic heterocycles. The zero-order valence-electron chi connectivity index (χ0n) is 15.9. The van der Waals surface area contributed by atoms with Gasteiger partial charge in [-0.25, -0.2) is 4.90 Å². The predicted molar refractivity (Wildman–Crippen MR) is 117 cm³/mol. The second-order valence-electron chi connectivity index (χ2n) is 6.46. The van der Waals surface area contributed by atoms with E-state index < -0.39 is 0 Å². The third-order valence-corrected chi connectivity index (χ3v) is 5.80. The van der Waals surface area contributed by atoms with Crippen LogP contribution in [0.2, 0.25) is 0 Å². The predicted octanol–water partition coefficient (Wildman–Crippen LogP) is 4.91. The van der Waals surface area contributed by atoms with Crippen LogP contribution in [0.5, 0.6) is 5.75 Å². The maximum absolute atomic E-state index is 13.4. The number of rotatable bonds is 6. The number of imide groups is 1. The molecule has 4 nitrogen and oxygen atoms in total. The Labute approximate surface area is 173 Å². The van der Waals surface area contributed by atoms with E-state index in [9.17, 15) is 9.59 Å². The molecule has 0 radical (unpaired) electrons. The Kier molecular flexibility index (Phi) is 5.49. The quantitative estimate of drug-likeness (QED) is 0.551. The minimum absolute atomic E-state index is 0.320. The summed E-state index contributed by atoms with van der Waals surface area (Å²) >= 11 is 1.39. The molecule has 1 heterocycles. The van der Waals surface area contributed by atoms with Gasteiger partial charge < -0.3 is 4.74 Å². The zero-order valence-corrected chi connectivity index (χ0v) is 16.7. The van der Waals surface area contributed by atoms with Crippen molar-refractivity contribution in [1.82, 2.24) is 0 Å². The smallest absolute Gasteiger partial charge is 0.272 e. The standard InChI is InChI=1S/C24H19NO3S/c1-28-20-15-9-8-14-19(20)25-23(26)21(18-12-6-3-7-13-18)22(24(25)27)29-16-17-10-4-2-5-11-17/h2-15H,16H2,1H3. The number of para-hydroxylation sites is 2. The fraction of sp³-hybridized carbons (Fsp3) is 0.0833. The van der Waals surface area contributed by atoms with Gasteiger partial charge in [0.15, 0.2) is 0 Å². The van der Waals surface area contributed by atoms with Crippen molar-refractivity contribution in [2.45, 2.75) is 5.75 Å². The molecule has 0 unspecified atom stereocenters. The molecule has 5 heteroatoms. The molecule has 3 aromatic carbocycles. The van der Waals surface area contributed by atoms with Gasteiger partial charge >= 0.3 is 0 Å². The maximum Gasteiger partial charge on any atom is 0.272 e. The van der Waals surface area contributed by atoms with Gasteiger partial charge in [-0.3, -0.25) is 9.59 Å². The number of anilines is 1. The van der Waals surface area contributed by atoms with Gasteiger partial charge in [-0.1, -0.05) is 72.8 Å². The highest BCUT2D eigenvalue weighted by Crippen LogP contribution is 2.41. The average Bonchev–Trinajstić information content (AvgIpc) is 3.02. The lowest BCUT2D eigenvalue weighted by Gasteiger charge is -2.18. The maximum atomic E-state index is 13.4. The van der Waals surface area contributed by atoms with Crippen molar-refractivity contribution in [3.05, 3.63) is 101 Å². The monoisotopic (exact) mass is 401 g/mol. The lowest BCUT2D eigenvalue weighted by Crippen LogP contribution is -2.31. The molecular weight excluding hydrogens is 382 g/mol. The minimum Gasteiger partial charge on any atom is -0.495 e. The summed E-state index contributed by atoms with van der Waals surface area (Å²) in [7, 11) is 1.53. The number of methoxy groups -OCH3 is 1. The summed E-state index contributed by atoms with van der Waals surface area (Å²) in [6, 6.07) is 26.3. The van der Waals surface area contributed by atoms with Gasteiger partial charge in [0.2, 0.25) is 0 Å². The van der Waals surface area contributed by atoms with Crippen molar-refractivity contribution in [3.63, 3.8) is 0 Å². The third-order valence-electron chi connectivity index (χ3n) is 4.66. The number of hydrogen-bond acceptors (Lipinski definition) is 4. The van der Waals surface area contributed by atoms with E-state index in [1.54, 1.807) is 18.2 Å². The highest BCUT2D eigenvalue weighted by Gasteiger charge is 2.41. The van der Waals surface area contributed by atoms with Crippen LogP contribution in [0.3, 0.4) is 0 Å². The molecule has 0 spiro atoms. The fourth-order valence-electron chi connectivity index (χ4n) is 3.27. The van der Waals surface area contributed by atoms with Crippen molar-refractivity contribution in [2.75, 3.05) is 12.0 Å². The summed E-state index contributed by atoms with van der Waals surface area (Å²) in [4.78, 5) is 28.4. The van der Waals surface area contributed by atoms with Crippen molar-refractivity contribution < 1.29 is 14.3 Å². The van der Waals surface area contributed by atoms with Gasteiger partial charge in [0, 0.05) is 5.75 Å². The molecule has 0 N–H and O–H groups in total. The van der Waals surface area contributed by atoms with E-state index in [1.165, 1.54) is 23.8 Å². The molecule has 4 rings (SSSR count). The zero-order chi connectivity index (χ0) is 20.2. The molecule has 0 saturated carbocycles. The highest BCUT2D eigenvalue weighted by atomic mass is 32.2. The van der Waals surface area contributed by atoms with Crippen molar-refractivity contribution in [1.29, 1.82) is 0 Å². The Morgan fingerprint density at radius 3 is 2.10 bits per heavy atom. The molecule has 0 atom stereocenters. The van der Waals surface area contributed by atoms with Crippen molar-refractivity contribution in [3.8, 4) is 5.75 Å². The van der Waals surface area contributed by atoms with Crippen LogP contribution < -0.4 is 9.64 Å². The molecule has 29 heavy (non-hydrogen) atoms. The van der Waals surface area contributed by atoms with Gasteiger partial charge in [0.25, 0.3) is 11.8 Å². The normalized spacial score (nSPS) is 13.9. The first-order valence-electron chi connectivity index (χ1n) is 9.19. The van der Waals surface area contributed by atoms with E-state index in [4.69, 9.17) is 4.74 Å². The molecular formula is C24H19NO3S. The van der Waals surface area contributed by atoms with Gasteiger partial charge in [-0.05, 0) is 23.3 Å². The Hall–Kier alpha value is -3.31. The number of carbonyl (C=O) groups excluding carboxylic acids is 2. The van der Waals surface area contributed by atoms with Crippen LogP contribution in [0.1, 0.15) is 11.1 Å². The van der Waals surface area contributed by atoms with E-state index >= 15 is 0 Å². The number of nitrogens with zero attached hydrogens (tertiary/aromatic N) is 1. The summed E-state index contributed by atoms with van der Waals surface area (Å²) in [5.74, 6) is 0.433. The topological polar surface area (TPSA) is 46.6 Å². The van der Waals surface area contributed by atoms with Crippen LogP contribution in [0.25, 0.3) is 5.57 Å². The third kappa shape index (κ3) is 3.69. The van der Waals surface area contributed by atoms with Gasteiger partial charge in [0.1, 0.15) is 5.75 Å². The van der Waals surface area contributed by atoms with Crippen LogP contribution in [-0.2, 0) is 15.3 Å². The first-order chi connectivity index (χ1) is 14.2. The van der Waals surface area contributed by atoms with Gasteiger partial charge in [-0.2, -0.15) is 0 Å². The highest BCUT2D eigenvalue weighted by molar-refractivity contribution is 8.03. The van der Waals surface area contributed by atoms with Crippen molar-refractivity contribution >= 4 is 34.8 Å². The number of benzene rings is 3. The van der Waals surface area contributed by atoms with Crippen LogP contribution in [0.15, 0.2) is 89.8 Å². The lowest BCUT2D eigenvalue weighted by molar-refractivity contribution is -0.119. The van der Waals surface area contributed by atoms with Gasteiger partial charge in [0.05, 0.1) is 23.3 Å². The van der Waals surface area contributed by atoms with E-state index in [-0.39, 0.29) is 11.8 Å². The summed E-state index contributed by atoms with van der Waals surface area (Å²) < 4.78 is 5.39. The summed E-state index contributed by atoms with van der Waals surface area (Å²) in [5, 5.41) is 0. The van der Waals surface area contributed by atoms with Crippen LogP contribution >= 0.6 is 11.8 Å². The Morgan fingerprint density at radius 1 is 0.793 bits per heavy atom. The first-order valence-corrected chi connectivity index (χ1v) is 10.2. The van der Waals surface area contributed by atoms with E-state index in [0.29, 0.717) is 27.7 Å². The number of hydrogen-bond donors (Lipinski definition) is 0. The van der Waals surface area contributed by atoms with Crippen LogP contribution in [0, 0.1) is 0 Å². The molecule has 0 aliphatic carbocycles. The molecule has 0 fully saturated rings. The number of ether oxygens (including phenoxy) is 1. The summed E-state index contributed by atoms with van der Waals surface area (Å²) in [5.41, 5.74) is 2.71. The Morgan fingerprint density at radius 2 is 1.41 bits per heavy atom. The molecule has 3 aromatic rings.